The fourth-order valence-corrected chi connectivity index (χ4v) is 5.73. The number of aliphatic carboxylic acids is 1. The molecule has 1 aromatic carbocycles. The van der Waals surface area contributed by atoms with Gasteiger partial charge in [-0.3, -0.25) is 9.59 Å². The fourth-order valence-electron chi connectivity index (χ4n) is 5.73. The van der Waals surface area contributed by atoms with Crippen LogP contribution in [0.15, 0.2) is 24.3 Å². The highest BCUT2D eigenvalue weighted by Crippen LogP contribution is 2.32. The number of aromatic nitrogens is 1. The van der Waals surface area contributed by atoms with Crippen LogP contribution in [-0.2, 0) is 35.0 Å². The summed E-state index contributed by atoms with van der Waals surface area (Å²) in [7, 11) is 0. The Hall–Kier alpha value is -3.63. The third kappa shape index (κ3) is 7.56. The molecule has 41 heavy (non-hydrogen) atoms. The summed E-state index contributed by atoms with van der Waals surface area (Å²) in [6.45, 7) is 4.97. The zero-order valence-corrected chi connectivity index (χ0v) is 23.4. The number of carboxylic acid groups (broad SMARTS) is 1. The van der Waals surface area contributed by atoms with E-state index in [2.05, 4.69) is 21.7 Å². The van der Waals surface area contributed by atoms with Crippen LogP contribution in [-0.4, -0.2) is 58.5 Å². The Labute approximate surface area is 237 Å². The van der Waals surface area contributed by atoms with Gasteiger partial charge in [-0.2, -0.15) is 13.2 Å². The average Bonchev–Trinajstić information content (AvgIpc) is 2.94. The second-order valence-electron chi connectivity index (χ2n) is 10.9. The number of benzene rings is 1. The summed E-state index contributed by atoms with van der Waals surface area (Å²) in [5, 5.41) is 15.6. The Kier molecular flexibility index (Phi) is 9.55. The molecule has 0 bridgehead atoms. The third-order valence-electron chi connectivity index (χ3n) is 8.04. The smallest absolute Gasteiger partial charge is 0.416 e. The molecule has 0 aliphatic carbocycles. The van der Waals surface area contributed by atoms with Gasteiger partial charge >= 0.3 is 12.1 Å². The van der Waals surface area contributed by atoms with Gasteiger partial charge < -0.3 is 20.6 Å². The van der Waals surface area contributed by atoms with Crippen molar-refractivity contribution < 1.29 is 32.7 Å². The van der Waals surface area contributed by atoms with Crippen molar-refractivity contribution in [3.63, 3.8) is 0 Å². The van der Waals surface area contributed by atoms with Crippen molar-refractivity contribution in [1.82, 2.24) is 15.2 Å². The molecule has 222 valence electrons. The number of nitrogens with one attached hydrogen (secondary N) is 2. The maximum absolute atomic E-state index is 13.2. The first-order valence-electron chi connectivity index (χ1n) is 14.2. The highest BCUT2D eigenvalue weighted by molar-refractivity contribution is 5.99. The van der Waals surface area contributed by atoms with Gasteiger partial charge in [-0.25, -0.2) is 9.78 Å². The lowest BCUT2D eigenvalue weighted by Crippen LogP contribution is -2.45. The second-order valence-corrected chi connectivity index (χ2v) is 10.9. The van der Waals surface area contributed by atoms with Crippen LogP contribution in [0.2, 0.25) is 0 Å². The number of hydrogen-bond donors (Lipinski definition) is 3. The molecule has 2 aliphatic heterocycles. The third-order valence-corrected chi connectivity index (χ3v) is 8.04. The Morgan fingerprint density at radius 2 is 1.93 bits per heavy atom. The highest BCUT2D eigenvalue weighted by atomic mass is 19.4. The van der Waals surface area contributed by atoms with Gasteiger partial charge in [-0.05, 0) is 92.7 Å². The number of aryl methyl sites for hydroxylation is 4. The average molecular weight is 575 g/mol. The van der Waals surface area contributed by atoms with Crippen molar-refractivity contribution in [2.75, 3.05) is 25.0 Å². The number of carbonyl (C=O) groups is 3. The number of carboxylic acids is 1. The summed E-state index contributed by atoms with van der Waals surface area (Å²) in [6, 6.07) is 4.71. The van der Waals surface area contributed by atoms with E-state index in [0.717, 1.165) is 43.0 Å². The number of rotatable bonds is 9. The molecule has 0 spiro atoms. The van der Waals surface area contributed by atoms with Crippen molar-refractivity contribution in [3.05, 3.63) is 57.8 Å². The van der Waals surface area contributed by atoms with E-state index >= 15 is 0 Å². The molecule has 11 heteroatoms. The maximum atomic E-state index is 13.2. The number of likely N-dealkylation sites (tertiary alicyclic amines) is 1. The normalized spacial score (nSPS) is 16.5. The van der Waals surface area contributed by atoms with Crippen molar-refractivity contribution >= 4 is 23.6 Å². The van der Waals surface area contributed by atoms with Gasteiger partial charge in [0.2, 0.25) is 5.91 Å². The molecule has 2 aliphatic rings. The number of piperidine rings is 1. The Morgan fingerprint density at radius 3 is 2.59 bits per heavy atom. The van der Waals surface area contributed by atoms with Crippen molar-refractivity contribution in [2.24, 2.45) is 5.92 Å². The Bertz CT molecular complexity index is 1290. The number of nitrogens with zero attached hydrogens (tertiary/aromatic N) is 2. The summed E-state index contributed by atoms with van der Waals surface area (Å²) in [5.41, 5.74) is 1.67. The molecule has 1 aromatic heterocycles. The monoisotopic (exact) mass is 574 g/mol. The van der Waals surface area contributed by atoms with Crippen LogP contribution in [0.4, 0.5) is 19.0 Å². The standard InChI is InChI=1S/C30H37F3N4O4/c1-3-20-17-22(30(31,32)33)15-18(2)26(20)28(39)36-24(29(40)41)16-19-10-13-37(14-11-19)25(38)9-8-23-7-6-21-5-4-12-34-27(21)35-23/h6-7,15,17,19,24H,3-5,8-14,16H2,1-2H3,(H,34,35)(H,36,39)(H,40,41). The zero-order valence-electron chi connectivity index (χ0n) is 23.4. The molecule has 1 unspecified atom stereocenters. The van der Waals surface area contributed by atoms with Gasteiger partial charge in [0, 0.05) is 37.3 Å². The topological polar surface area (TPSA) is 112 Å². The van der Waals surface area contributed by atoms with Crippen LogP contribution in [0, 0.1) is 12.8 Å². The summed E-state index contributed by atoms with van der Waals surface area (Å²) >= 11 is 0. The van der Waals surface area contributed by atoms with Crippen LogP contribution < -0.4 is 10.6 Å². The number of hydrogen-bond acceptors (Lipinski definition) is 5. The fraction of sp³-hybridized carbons (Fsp3) is 0.533. The van der Waals surface area contributed by atoms with Gasteiger partial charge in [-0.1, -0.05) is 13.0 Å². The quantitative estimate of drug-likeness (QED) is 0.398. The first kappa shape index (κ1) is 30.3. The molecule has 0 radical (unpaired) electrons. The van der Waals surface area contributed by atoms with Crippen LogP contribution in [0.5, 0.6) is 0 Å². The molecule has 2 amide bonds. The lowest BCUT2D eigenvalue weighted by Gasteiger charge is -2.33. The summed E-state index contributed by atoms with van der Waals surface area (Å²) in [4.78, 5) is 44.3. The van der Waals surface area contributed by atoms with E-state index in [1.807, 2.05) is 6.07 Å². The van der Waals surface area contributed by atoms with Crippen molar-refractivity contribution in [1.29, 1.82) is 0 Å². The van der Waals surface area contributed by atoms with Gasteiger partial charge in [0.1, 0.15) is 11.9 Å². The Morgan fingerprint density at radius 1 is 1.20 bits per heavy atom. The SMILES string of the molecule is CCc1cc(C(F)(F)F)cc(C)c1C(=O)NC(CC1CCN(C(=O)CCc2ccc3c(n2)NCCC3)CC1)C(=O)O. The molecule has 1 saturated heterocycles. The molecular formula is C30H37F3N4O4. The summed E-state index contributed by atoms with van der Waals surface area (Å²) < 4.78 is 39.7. The maximum Gasteiger partial charge on any atom is 0.416 e. The minimum absolute atomic E-state index is 0.0202. The number of anilines is 1. The number of halogens is 3. The van der Waals surface area contributed by atoms with Gasteiger partial charge in [-0.15, -0.1) is 0 Å². The number of fused-ring (bicyclic) bond motifs is 1. The lowest BCUT2D eigenvalue weighted by atomic mass is 9.89. The largest absolute Gasteiger partial charge is 0.480 e. The molecule has 1 atom stereocenters. The van der Waals surface area contributed by atoms with Gasteiger partial charge in [0.25, 0.3) is 5.91 Å². The molecule has 1 fully saturated rings. The Balaban J connectivity index is 1.30. The van der Waals surface area contributed by atoms with E-state index in [9.17, 15) is 32.7 Å². The lowest BCUT2D eigenvalue weighted by molar-refractivity contribution is -0.140. The molecule has 3 heterocycles. The van der Waals surface area contributed by atoms with E-state index in [0.29, 0.717) is 38.8 Å². The predicted molar refractivity (Wildman–Crippen MR) is 148 cm³/mol. The summed E-state index contributed by atoms with van der Waals surface area (Å²) in [5.74, 6) is -0.982. The molecule has 4 rings (SSSR count). The predicted octanol–water partition coefficient (Wildman–Crippen LogP) is 4.77. The van der Waals surface area contributed by atoms with Gasteiger partial charge in [0.05, 0.1) is 5.56 Å². The van der Waals surface area contributed by atoms with Crippen LogP contribution >= 0.6 is 0 Å². The molecular weight excluding hydrogens is 537 g/mol. The molecule has 0 saturated carbocycles. The van der Waals surface area contributed by atoms with Crippen LogP contribution in [0.1, 0.15) is 77.3 Å². The first-order chi connectivity index (χ1) is 19.5. The van der Waals surface area contributed by atoms with E-state index in [1.54, 1.807) is 11.8 Å². The number of amides is 2. The summed E-state index contributed by atoms with van der Waals surface area (Å²) in [6.07, 6.45) is 0.00964. The highest BCUT2D eigenvalue weighted by Gasteiger charge is 2.33. The van der Waals surface area contributed by atoms with Crippen molar-refractivity contribution in [3.8, 4) is 0 Å². The number of pyridine rings is 1. The van der Waals surface area contributed by atoms with Crippen LogP contribution in [0.25, 0.3) is 0 Å². The van der Waals surface area contributed by atoms with E-state index < -0.39 is 29.7 Å². The molecule has 8 nitrogen and oxygen atoms in total. The minimum atomic E-state index is -4.54. The zero-order chi connectivity index (χ0) is 29.7. The first-order valence-corrected chi connectivity index (χ1v) is 14.2. The van der Waals surface area contributed by atoms with Crippen LogP contribution in [0.3, 0.4) is 0 Å². The van der Waals surface area contributed by atoms with E-state index in [4.69, 9.17) is 0 Å². The van der Waals surface area contributed by atoms with Gasteiger partial charge in [0.15, 0.2) is 0 Å². The number of carbonyl (C=O) groups excluding carboxylic acids is 2. The minimum Gasteiger partial charge on any atom is -0.480 e. The van der Waals surface area contributed by atoms with E-state index in [-0.39, 0.29) is 41.4 Å². The van der Waals surface area contributed by atoms with E-state index in [1.165, 1.54) is 12.5 Å². The molecule has 3 N–H and O–H groups in total. The van der Waals surface area contributed by atoms with Crippen molar-refractivity contribution in [2.45, 2.75) is 77.4 Å². The second kappa shape index (κ2) is 12.9. The number of alkyl halides is 3. The molecule has 2 aromatic rings.